The smallest absolute Gasteiger partial charge is 0.223 e. The molecule has 23 heavy (non-hydrogen) atoms. The largest absolute Gasteiger partial charge is 0.341 e. The highest BCUT2D eigenvalue weighted by molar-refractivity contribution is 5.97. The van der Waals surface area contributed by atoms with E-state index in [9.17, 15) is 9.59 Å². The number of Topliss-reactive ketones (excluding diaryl/α,β-unsaturated/α-hetero) is 1. The maximum atomic E-state index is 12.2. The molecule has 0 aliphatic rings. The van der Waals surface area contributed by atoms with Crippen molar-refractivity contribution in [3.8, 4) is 0 Å². The third-order valence-electron chi connectivity index (χ3n) is 4.03. The van der Waals surface area contributed by atoms with Gasteiger partial charge in [0.1, 0.15) is 0 Å². The van der Waals surface area contributed by atoms with Crippen LogP contribution >= 0.6 is 0 Å². The van der Waals surface area contributed by atoms with Gasteiger partial charge >= 0.3 is 0 Å². The Bertz CT molecular complexity index is 689. The molecule has 0 aliphatic heterocycles. The van der Waals surface area contributed by atoms with Gasteiger partial charge in [-0.15, -0.1) is 0 Å². The molecule has 0 unspecified atom stereocenters. The van der Waals surface area contributed by atoms with Crippen molar-refractivity contribution in [3.05, 3.63) is 70.8 Å². The van der Waals surface area contributed by atoms with Gasteiger partial charge in [-0.3, -0.25) is 9.59 Å². The Hall–Kier alpha value is -2.42. The first-order valence-corrected chi connectivity index (χ1v) is 7.85. The normalized spacial score (nSPS) is 10.4. The zero-order chi connectivity index (χ0) is 16.8. The Morgan fingerprint density at radius 2 is 1.57 bits per heavy atom. The van der Waals surface area contributed by atoms with Crippen LogP contribution in [0, 0.1) is 13.8 Å². The number of ketones is 1. The Kier molecular flexibility index (Phi) is 5.69. The maximum absolute atomic E-state index is 12.2. The number of amides is 1. The Morgan fingerprint density at radius 3 is 2.22 bits per heavy atom. The summed E-state index contributed by atoms with van der Waals surface area (Å²) in [6, 6.07) is 15.5. The van der Waals surface area contributed by atoms with Crippen molar-refractivity contribution < 1.29 is 9.59 Å². The third-order valence-corrected chi connectivity index (χ3v) is 4.03. The fourth-order valence-corrected chi connectivity index (χ4v) is 2.43. The van der Waals surface area contributed by atoms with Crippen molar-refractivity contribution in [2.45, 2.75) is 33.2 Å². The molecule has 120 valence electrons. The summed E-state index contributed by atoms with van der Waals surface area (Å²) in [5.41, 5.74) is 4.09. The molecule has 1 amide bonds. The van der Waals surface area contributed by atoms with E-state index in [-0.39, 0.29) is 24.5 Å². The molecule has 0 saturated carbocycles. The quantitative estimate of drug-likeness (QED) is 0.758. The van der Waals surface area contributed by atoms with Crippen LogP contribution in [-0.4, -0.2) is 23.6 Å². The van der Waals surface area contributed by atoms with E-state index in [0.717, 1.165) is 11.1 Å². The van der Waals surface area contributed by atoms with Crippen molar-refractivity contribution in [2.24, 2.45) is 0 Å². The Labute approximate surface area is 137 Å². The van der Waals surface area contributed by atoms with E-state index in [1.54, 1.807) is 11.9 Å². The van der Waals surface area contributed by atoms with Crippen LogP contribution in [0.3, 0.4) is 0 Å². The average molecular weight is 309 g/mol. The first-order chi connectivity index (χ1) is 11.0. The minimum absolute atomic E-state index is 0.00582. The Balaban J connectivity index is 1.87. The minimum atomic E-state index is -0.00582. The number of carbonyl (C=O) groups is 2. The van der Waals surface area contributed by atoms with Gasteiger partial charge < -0.3 is 4.90 Å². The summed E-state index contributed by atoms with van der Waals surface area (Å²) in [6.07, 6.45) is 0.495. The lowest BCUT2D eigenvalue weighted by molar-refractivity contribution is -0.130. The molecule has 0 N–H and O–H groups in total. The molecule has 2 aromatic carbocycles. The van der Waals surface area contributed by atoms with Gasteiger partial charge in [0.2, 0.25) is 5.91 Å². The summed E-state index contributed by atoms with van der Waals surface area (Å²) in [7, 11) is 1.78. The first-order valence-electron chi connectivity index (χ1n) is 7.85. The molecule has 2 rings (SSSR count). The van der Waals surface area contributed by atoms with Crippen LogP contribution in [0.1, 0.15) is 39.9 Å². The molecule has 0 heterocycles. The molecule has 0 atom stereocenters. The average Bonchev–Trinajstić information content (AvgIpc) is 2.55. The van der Waals surface area contributed by atoms with Crippen molar-refractivity contribution >= 4 is 11.7 Å². The van der Waals surface area contributed by atoms with E-state index in [2.05, 4.69) is 0 Å². The van der Waals surface area contributed by atoms with Gasteiger partial charge in [0.15, 0.2) is 5.78 Å². The molecule has 0 saturated heterocycles. The number of nitrogens with zero attached hydrogens (tertiary/aromatic N) is 1. The first kappa shape index (κ1) is 16.9. The molecule has 3 heteroatoms. The molecule has 0 radical (unpaired) electrons. The fourth-order valence-electron chi connectivity index (χ4n) is 2.43. The number of carbonyl (C=O) groups excluding carboxylic acids is 2. The van der Waals surface area contributed by atoms with Crippen LogP contribution in [-0.2, 0) is 11.3 Å². The van der Waals surface area contributed by atoms with Crippen LogP contribution in [0.4, 0.5) is 0 Å². The van der Waals surface area contributed by atoms with Gasteiger partial charge in [-0.2, -0.15) is 0 Å². The predicted octanol–water partition coefficient (Wildman–Crippen LogP) is 3.92. The highest BCUT2D eigenvalue weighted by Crippen LogP contribution is 2.12. The standard InChI is InChI=1S/C20H23NO2/c1-15-8-10-17(11-9-15)19(22)12-13-20(23)21(3)14-18-7-5-4-6-16(18)2/h4-11H,12-14H2,1-3H3. The van der Waals surface area contributed by atoms with Crippen LogP contribution < -0.4 is 0 Å². The number of rotatable bonds is 6. The summed E-state index contributed by atoms with van der Waals surface area (Å²) in [6.45, 7) is 4.59. The predicted molar refractivity (Wildman–Crippen MR) is 92.4 cm³/mol. The highest BCUT2D eigenvalue weighted by atomic mass is 16.2. The van der Waals surface area contributed by atoms with Crippen LogP contribution in [0.25, 0.3) is 0 Å². The number of aryl methyl sites for hydroxylation is 2. The molecular formula is C20H23NO2. The van der Waals surface area contributed by atoms with E-state index in [0.29, 0.717) is 12.1 Å². The molecule has 0 aliphatic carbocycles. The number of benzene rings is 2. The summed E-state index contributed by atoms with van der Waals surface area (Å²) >= 11 is 0. The zero-order valence-electron chi connectivity index (χ0n) is 14.0. The van der Waals surface area contributed by atoms with Gasteiger partial charge in [-0.1, -0.05) is 54.1 Å². The van der Waals surface area contributed by atoms with Gasteiger partial charge in [-0.25, -0.2) is 0 Å². The number of hydrogen-bond donors (Lipinski definition) is 0. The molecule has 0 aromatic heterocycles. The van der Waals surface area contributed by atoms with Crippen LogP contribution in [0.5, 0.6) is 0 Å². The second-order valence-corrected chi connectivity index (χ2v) is 5.97. The highest BCUT2D eigenvalue weighted by Gasteiger charge is 2.13. The lowest BCUT2D eigenvalue weighted by Gasteiger charge is -2.18. The molecule has 3 nitrogen and oxygen atoms in total. The van der Waals surface area contributed by atoms with Crippen molar-refractivity contribution in [3.63, 3.8) is 0 Å². The second-order valence-electron chi connectivity index (χ2n) is 5.97. The molecular weight excluding hydrogens is 286 g/mol. The minimum Gasteiger partial charge on any atom is -0.341 e. The van der Waals surface area contributed by atoms with Gasteiger partial charge in [0.05, 0.1) is 0 Å². The molecule has 0 fully saturated rings. The van der Waals surface area contributed by atoms with E-state index < -0.39 is 0 Å². The Morgan fingerprint density at radius 1 is 0.913 bits per heavy atom. The van der Waals surface area contributed by atoms with Crippen molar-refractivity contribution in [2.75, 3.05) is 7.05 Å². The summed E-state index contributed by atoms with van der Waals surface area (Å²) in [5.74, 6) is 0.0105. The fraction of sp³-hybridized carbons (Fsp3) is 0.300. The lowest BCUT2D eigenvalue weighted by Crippen LogP contribution is -2.26. The van der Waals surface area contributed by atoms with Crippen molar-refractivity contribution in [1.29, 1.82) is 0 Å². The topological polar surface area (TPSA) is 37.4 Å². The number of hydrogen-bond acceptors (Lipinski definition) is 2. The lowest BCUT2D eigenvalue weighted by atomic mass is 10.0. The van der Waals surface area contributed by atoms with Gasteiger partial charge in [-0.05, 0) is 25.0 Å². The monoisotopic (exact) mass is 309 g/mol. The molecule has 0 spiro atoms. The van der Waals surface area contributed by atoms with E-state index in [1.807, 2.05) is 62.4 Å². The third kappa shape index (κ3) is 4.78. The summed E-state index contributed by atoms with van der Waals surface area (Å²) < 4.78 is 0. The summed E-state index contributed by atoms with van der Waals surface area (Å²) in [5, 5.41) is 0. The molecule has 0 bridgehead atoms. The molecule has 2 aromatic rings. The van der Waals surface area contributed by atoms with Crippen LogP contribution in [0.2, 0.25) is 0 Å². The van der Waals surface area contributed by atoms with E-state index in [4.69, 9.17) is 0 Å². The SMILES string of the molecule is Cc1ccc(C(=O)CCC(=O)N(C)Cc2ccccc2C)cc1. The second kappa shape index (κ2) is 7.73. The van der Waals surface area contributed by atoms with Gasteiger partial charge in [0.25, 0.3) is 0 Å². The zero-order valence-corrected chi connectivity index (χ0v) is 14.0. The van der Waals surface area contributed by atoms with E-state index >= 15 is 0 Å². The van der Waals surface area contributed by atoms with Gasteiger partial charge in [0, 0.05) is 32.0 Å². The summed E-state index contributed by atoms with van der Waals surface area (Å²) in [4.78, 5) is 26.0. The maximum Gasteiger partial charge on any atom is 0.223 e. The van der Waals surface area contributed by atoms with E-state index in [1.165, 1.54) is 5.56 Å². The van der Waals surface area contributed by atoms with Crippen molar-refractivity contribution in [1.82, 2.24) is 4.90 Å². The van der Waals surface area contributed by atoms with Crippen LogP contribution in [0.15, 0.2) is 48.5 Å².